The summed E-state index contributed by atoms with van der Waals surface area (Å²) >= 11 is 5.92. The number of nitrogens with zero attached hydrogens (tertiary/aromatic N) is 3. The normalized spacial score (nSPS) is 17.2. The van der Waals surface area contributed by atoms with Crippen LogP contribution in [0.1, 0.15) is 39.6 Å². The SMILES string of the molecule is COC(=O)c1ccc2c(C(C)=O)cn(CC(=O)N3C[C@H](F)C[C@H]3C(=O)N(F)Cc3cccc(Cl)c3)c2c1. The third-order valence-corrected chi connectivity index (χ3v) is 6.53. The number of fused-ring (bicyclic) bond motifs is 1. The van der Waals surface area contributed by atoms with Crippen LogP contribution in [0.2, 0.25) is 5.02 Å². The summed E-state index contributed by atoms with van der Waals surface area (Å²) in [6.07, 6.45) is -0.373. The maximum absolute atomic E-state index is 14.8. The summed E-state index contributed by atoms with van der Waals surface area (Å²) in [7, 11) is 1.23. The van der Waals surface area contributed by atoms with Gasteiger partial charge < -0.3 is 14.2 Å². The molecule has 37 heavy (non-hydrogen) atoms. The van der Waals surface area contributed by atoms with Crippen LogP contribution in [0.15, 0.2) is 48.7 Å². The molecular formula is C26H24ClF2N3O5. The van der Waals surface area contributed by atoms with Crippen LogP contribution in [-0.2, 0) is 27.4 Å². The fourth-order valence-electron chi connectivity index (χ4n) is 4.51. The van der Waals surface area contributed by atoms with E-state index >= 15 is 0 Å². The van der Waals surface area contributed by atoms with Crippen molar-refractivity contribution in [1.29, 1.82) is 0 Å². The third-order valence-electron chi connectivity index (χ3n) is 6.29. The van der Waals surface area contributed by atoms with Crippen molar-refractivity contribution in [2.45, 2.75) is 38.6 Å². The number of amides is 2. The zero-order valence-electron chi connectivity index (χ0n) is 20.1. The first-order chi connectivity index (χ1) is 17.6. The van der Waals surface area contributed by atoms with Gasteiger partial charge in [-0.25, -0.2) is 9.18 Å². The molecule has 0 aliphatic carbocycles. The van der Waals surface area contributed by atoms with E-state index in [1.54, 1.807) is 24.3 Å². The average Bonchev–Trinajstić information content (AvgIpc) is 3.43. The number of esters is 1. The average molecular weight is 532 g/mol. The highest BCUT2D eigenvalue weighted by Gasteiger charge is 2.42. The van der Waals surface area contributed by atoms with Crippen molar-refractivity contribution in [2.75, 3.05) is 13.7 Å². The van der Waals surface area contributed by atoms with Gasteiger partial charge in [-0.1, -0.05) is 34.3 Å². The van der Waals surface area contributed by atoms with E-state index in [2.05, 4.69) is 0 Å². The number of aromatic nitrogens is 1. The number of ketones is 1. The predicted octanol–water partition coefficient (Wildman–Crippen LogP) is 4.14. The lowest BCUT2D eigenvalue weighted by Crippen LogP contribution is -2.46. The summed E-state index contributed by atoms with van der Waals surface area (Å²) < 4.78 is 35.4. The Bertz CT molecular complexity index is 1390. The molecule has 2 amide bonds. The van der Waals surface area contributed by atoms with Crippen LogP contribution in [0.25, 0.3) is 10.9 Å². The Morgan fingerprint density at radius 3 is 2.59 bits per heavy atom. The fourth-order valence-corrected chi connectivity index (χ4v) is 4.73. The lowest BCUT2D eigenvalue weighted by molar-refractivity contribution is -0.156. The second-order valence-corrected chi connectivity index (χ2v) is 9.27. The summed E-state index contributed by atoms with van der Waals surface area (Å²) in [5, 5.41) is 0.844. The maximum atomic E-state index is 14.8. The van der Waals surface area contributed by atoms with Crippen molar-refractivity contribution < 1.29 is 32.8 Å². The molecule has 1 aliphatic rings. The molecule has 194 valence electrons. The van der Waals surface area contributed by atoms with Gasteiger partial charge in [0.2, 0.25) is 5.91 Å². The Morgan fingerprint density at radius 1 is 1.16 bits per heavy atom. The first-order valence-electron chi connectivity index (χ1n) is 11.5. The number of Topliss-reactive ketones (excluding diaryl/α,β-unsaturated/α-hetero) is 1. The number of alkyl halides is 1. The summed E-state index contributed by atoms with van der Waals surface area (Å²) in [6, 6.07) is 9.56. The number of hydrogen-bond acceptors (Lipinski definition) is 5. The van der Waals surface area contributed by atoms with Crippen LogP contribution in [-0.4, -0.2) is 64.0 Å². The van der Waals surface area contributed by atoms with Crippen LogP contribution < -0.4 is 0 Å². The number of benzene rings is 2. The molecule has 0 radical (unpaired) electrons. The Hall–Kier alpha value is -3.79. The summed E-state index contributed by atoms with van der Waals surface area (Å²) in [5.41, 5.74) is 1.39. The predicted molar refractivity (Wildman–Crippen MR) is 131 cm³/mol. The molecule has 1 saturated heterocycles. The molecule has 0 saturated carbocycles. The Morgan fingerprint density at radius 2 is 1.92 bits per heavy atom. The van der Waals surface area contributed by atoms with Crippen LogP contribution in [0.3, 0.4) is 0 Å². The molecule has 1 aliphatic heterocycles. The number of methoxy groups -OCH3 is 1. The van der Waals surface area contributed by atoms with E-state index in [0.717, 1.165) is 4.90 Å². The molecule has 2 atom stereocenters. The van der Waals surface area contributed by atoms with Gasteiger partial charge in [-0.3, -0.25) is 14.4 Å². The van der Waals surface area contributed by atoms with E-state index < -0.39 is 36.5 Å². The van der Waals surface area contributed by atoms with Gasteiger partial charge in [0, 0.05) is 28.6 Å². The highest BCUT2D eigenvalue weighted by molar-refractivity contribution is 6.30. The first-order valence-corrected chi connectivity index (χ1v) is 11.8. The minimum Gasteiger partial charge on any atom is -0.465 e. The first kappa shape index (κ1) is 26.3. The molecule has 0 N–H and O–H groups in total. The number of ether oxygens (including phenoxy) is 1. The van der Waals surface area contributed by atoms with Crippen LogP contribution in [0.5, 0.6) is 0 Å². The molecule has 11 heteroatoms. The summed E-state index contributed by atoms with van der Waals surface area (Å²) in [6.45, 7) is 0.237. The van der Waals surface area contributed by atoms with Crippen LogP contribution in [0.4, 0.5) is 8.87 Å². The zero-order chi connectivity index (χ0) is 26.9. The lowest BCUT2D eigenvalue weighted by atomic mass is 10.1. The number of carbonyl (C=O) groups is 4. The summed E-state index contributed by atoms with van der Waals surface area (Å²) in [5.74, 6) is -2.53. The van der Waals surface area contributed by atoms with Gasteiger partial charge >= 0.3 is 5.97 Å². The van der Waals surface area contributed by atoms with Crippen molar-refractivity contribution in [3.63, 3.8) is 0 Å². The van der Waals surface area contributed by atoms with Gasteiger partial charge in [-0.15, -0.1) is 0 Å². The zero-order valence-corrected chi connectivity index (χ0v) is 20.9. The van der Waals surface area contributed by atoms with E-state index in [0.29, 0.717) is 27.1 Å². The highest BCUT2D eigenvalue weighted by Crippen LogP contribution is 2.27. The number of rotatable bonds is 7. The van der Waals surface area contributed by atoms with Gasteiger partial charge in [-0.2, -0.15) is 5.12 Å². The van der Waals surface area contributed by atoms with Gasteiger partial charge in [0.15, 0.2) is 5.78 Å². The van der Waals surface area contributed by atoms with Crippen molar-refractivity contribution in [1.82, 2.24) is 14.6 Å². The molecule has 2 heterocycles. The molecule has 4 rings (SSSR count). The van der Waals surface area contributed by atoms with E-state index in [-0.39, 0.29) is 36.0 Å². The molecule has 0 unspecified atom stereocenters. The second kappa shape index (κ2) is 10.7. The van der Waals surface area contributed by atoms with Crippen LogP contribution in [0, 0.1) is 0 Å². The Kier molecular flexibility index (Phi) is 7.58. The maximum Gasteiger partial charge on any atom is 0.337 e. The molecule has 2 aromatic carbocycles. The van der Waals surface area contributed by atoms with Gasteiger partial charge in [0.25, 0.3) is 5.91 Å². The molecule has 3 aromatic rings. The topological polar surface area (TPSA) is 88.9 Å². The minimum atomic E-state index is -1.50. The fraction of sp³-hybridized carbons (Fsp3) is 0.308. The van der Waals surface area contributed by atoms with Gasteiger partial charge in [0.05, 0.1) is 31.3 Å². The van der Waals surface area contributed by atoms with E-state index in [1.165, 1.54) is 43.0 Å². The van der Waals surface area contributed by atoms with Crippen molar-refractivity contribution >= 4 is 46.1 Å². The molecule has 8 nitrogen and oxygen atoms in total. The van der Waals surface area contributed by atoms with E-state index in [9.17, 15) is 28.0 Å². The number of hydrogen-bond donors (Lipinski definition) is 0. The standard InChI is InChI=1S/C26H24ClF2N3O5/c1-15(33)21-13-30(22-9-17(26(36)37-2)6-7-20(21)22)14-24(34)31-12-19(28)10-23(31)25(35)32(29)11-16-4-3-5-18(27)8-16/h3-9,13,19,23H,10-12,14H2,1-2H3/t19-,23+/m1/s1. The van der Waals surface area contributed by atoms with Gasteiger partial charge in [-0.05, 0) is 36.8 Å². The van der Waals surface area contributed by atoms with Gasteiger partial charge in [0.1, 0.15) is 18.8 Å². The molecule has 0 bridgehead atoms. The number of likely N-dealkylation sites (tertiary alicyclic amines) is 1. The monoisotopic (exact) mass is 531 g/mol. The quantitative estimate of drug-likeness (QED) is 0.260. The lowest BCUT2D eigenvalue weighted by Gasteiger charge is -2.26. The molecular weight excluding hydrogens is 508 g/mol. The van der Waals surface area contributed by atoms with Crippen LogP contribution >= 0.6 is 11.6 Å². The third kappa shape index (κ3) is 5.48. The smallest absolute Gasteiger partial charge is 0.337 e. The number of carbonyl (C=O) groups excluding carboxylic acids is 4. The molecule has 1 fully saturated rings. The van der Waals surface area contributed by atoms with Crippen molar-refractivity contribution in [3.05, 3.63) is 70.4 Å². The molecule has 1 aromatic heterocycles. The van der Waals surface area contributed by atoms with E-state index in [1.807, 2.05) is 0 Å². The Balaban J connectivity index is 1.58. The molecule has 0 spiro atoms. The largest absolute Gasteiger partial charge is 0.465 e. The second-order valence-electron chi connectivity index (χ2n) is 8.83. The van der Waals surface area contributed by atoms with E-state index in [4.69, 9.17) is 16.3 Å². The summed E-state index contributed by atoms with van der Waals surface area (Å²) in [4.78, 5) is 51.3. The number of halogens is 3. The van der Waals surface area contributed by atoms with Crippen molar-refractivity contribution in [3.8, 4) is 0 Å². The Labute approximate surface area is 216 Å². The van der Waals surface area contributed by atoms with Crippen molar-refractivity contribution in [2.24, 2.45) is 0 Å². The minimum absolute atomic E-state index is 0.0454. The highest BCUT2D eigenvalue weighted by atomic mass is 35.5.